The SMILES string of the molecule is C.C.C.C.C.CC.CC.CC.CC.CC.CC.CC.CC.CC.CC.CC.CC.CC.Cc1c2ccccc2c(C)c2ccccc12.Cc1ccc(C)c2ccccc12.Cc1ccc(C)cc1.Cc1ccc2c(c1)C(C)(C)c1cc(C)ccc1-2. The van der Waals surface area contributed by atoms with Gasteiger partial charge in [-0.25, -0.2) is 0 Å². The minimum Gasteiger partial charge on any atom is -0.0776 e. The van der Waals surface area contributed by atoms with Crippen molar-refractivity contribution in [2.24, 2.45) is 0 Å². The summed E-state index contributed by atoms with van der Waals surface area (Å²) >= 11 is 0. The summed E-state index contributed by atoms with van der Waals surface area (Å²) in [5.41, 5.74) is 16.8. The molecule has 8 aromatic rings. The zero-order chi connectivity index (χ0) is 63.9. The van der Waals surface area contributed by atoms with Crippen molar-refractivity contribution in [2.75, 3.05) is 0 Å². The van der Waals surface area contributed by atoms with Crippen LogP contribution in [0, 0.1) is 55.4 Å². The number of aryl methyl sites for hydroxylation is 8. The monoisotopic (exact) mass is 1160 g/mol. The summed E-state index contributed by atoms with van der Waals surface area (Å²) in [7, 11) is 0. The maximum Gasteiger partial charge on any atom is 0.0159 e. The fourth-order valence-corrected chi connectivity index (χ4v) is 7.77. The predicted molar refractivity (Wildman–Crippen MR) is 415 cm³/mol. The molecule has 488 valence electrons. The van der Waals surface area contributed by atoms with Crippen LogP contribution in [-0.4, -0.2) is 0 Å². The quantitative estimate of drug-likeness (QED) is 0.133. The molecule has 0 amide bonds. The van der Waals surface area contributed by atoms with Gasteiger partial charge in [0, 0.05) is 5.41 Å². The van der Waals surface area contributed by atoms with Crippen LogP contribution in [0.2, 0.25) is 0 Å². The van der Waals surface area contributed by atoms with Crippen LogP contribution in [0.5, 0.6) is 0 Å². The highest BCUT2D eigenvalue weighted by Crippen LogP contribution is 2.49. The lowest BCUT2D eigenvalue weighted by atomic mass is 9.81. The van der Waals surface area contributed by atoms with Crippen molar-refractivity contribution in [3.63, 3.8) is 0 Å². The third kappa shape index (κ3) is 37.1. The van der Waals surface area contributed by atoms with E-state index in [4.69, 9.17) is 0 Å². The van der Waals surface area contributed by atoms with E-state index in [1.165, 1.54) is 99.1 Å². The van der Waals surface area contributed by atoms with E-state index in [9.17, 15) is 0 Å². The van der Waals surface area contributed by atoms with Gasteiger partial charge in [0.25, 0.3) is 0 Å². The molecule has 9 rings (SSSR count). The van der Waals surface area contributed by atoms with Gasteiger partial charge in [-0.1, -0.05) is 399 Å². The highest BCUT2D eigenvalue weighted by atomic mass is 14.4. The van der Waals surface area contributed by atoms with Crippen molar-refractivity contribution in [3.05, 3.63) is 201 Å². The van der Waals surface area contributed by atoms with E-state index in [0.717, 1.165) is 0 Å². The first-order valence-corrected chi connectivity index (χ1v) is 31.9. The summed E-state index contributed by atoms with van der Waals surface area (Å²) in [6.45, 7) is 73.9. The molecular weight excluding hydrogens is 1010 g/mol. The standard InChI is InChI=1S/C17H18.C16H14.C12H12.C8H10.13C2H6.5CH4/c1-11-5-7-13-14-8-6-12(2)10-16(14)17(3,4)15(13)9-11;1-11-13-7-3-5-9-15(13)12(2)16-10-6-4-8-14(11)16;1-9-7-8-10(2)12-6-4-3-5-11(9)12;1-7-3-5-8(2)6-4-7;13*1-2;;;;;/h5-10H,1-4H3;3-10H,1-2H3;3-8H,1-2H3;3-6H,1-2H3;13*1-2H3;5*1H4. The van der Waals surface area contributed by atoms with Crippen molar-refractivity contribution in [2.45, 2.75) is 292 Å². The lowest BCUT2D eigenvalue weighted by Crippen LogP contribution is -2.15. The fourth-order valence-electron chi connectivity index (χ4n) is 7.77. The average molecular weight is 1160 g/mol. The molecule has 8 aromatic carbocycles. The van der Waals surface area contributed by atoms with Crippen LogP contribution in [0.15, 0.2) is 146 Å². The average Bonchev–Trinajstić information content (AvgIpc) is 3.76. The highest BCUT2D eigenvalue weighted by Gasteiger charge is 2.35. The third-order valence-corrected chi connectivity index (χ3v) is 11.0. The Labute approximate surface area is 533 Å². The molecule has 0 saturated heterocycles. The van der Waals surface area contributed by atoms with Gasteiger partial charge in [0.05, 0.1) is 0 Å². The molecule has 0 radical (unpaired) electrons. The molecule has 0 aliphatic heterocycles. The fraction of sp³-hybridized carbons (Fsp3) is 0.500. The van der Waals surface area contributed by atoms with E-state index in [0.29, 0.717) is 0 Å². The second-order valence-corrected chi connectivity index (χ2v) is 15.5. The minimum atomic E-state index is 0. The Kier molecular flexibility index (Phi) is 96.4. The Morgan fingerprint density at radius 3 is 0.595 bits per heavy atom. The second kappa shape index (κ2) is 73.6. The largest absolute Gasteiger partial charge is 0.0776 e. The smallest absolute Gasteiger partial charge is 0.0159 e. The number of fused-ring (bicyclic) bond motifs is 6. The molecule has 0 heterocycles. The zero-order valence-electron chi connectivity index (χ0n) is 59.4. The van der Waals surface area contributed by atoms with Crippen molar-refractivity contribution < 1.29 is 0 Å². The molecule has 0 N–H and O–H groups in total. The van der Waals surface area contributed by atoms with E-state index in [-0.39, 0.29) is 42.5 Å². The second-order valence-electron chi connectivity index (χ2n) is 15.5. The molecule has 0 fully saturated rings. The van der Waals surface area contributed by atoms with Gasteiger partial charge in [-0.2, -0.15) is 0 Å². The first kappa shape index (κ1) is 110. The summed E-state index contributed by atoms with van der Waals surface area (Å²) in [6, 6.07) is 52.3. The number of hydrogen-bond acceptors (Lipinski definition) is 0. The molecule has 0 atom stereocenters. The third-order valence-electron chi connectivity index (χ3n) is 11.0. The predicted octanol–water partition coefficient (Wildman–Crippen LogP) is 31.5. The number of benzene rings is 8. The van der Waals surface area contributed by atoms with Crippen molar-refractivity contribution in [1.82, 2.24) is 0 Å². The normalized spacial score (nSPS) is 8.57. The summed E-state index contributed by atoms with van der Waals surface area (Å²) in [6.07, 6.45) is 0. The summed E-state index contributed by atoms with van der Waals surface area (Å²) in [5, 5.41) is 8.24. The van der Waals surface area contributed by atoms with Crippen LogP contribution >= 0.6 is 0 Å². The Bertz CT molecular complexity index is 2310. The number of rotatable bonds is 0. The van der Waals surface area contributed by atoms with Gasteiger partial charge >= 0.3 is 0 Å². The van der Waals surface area contributed by atoms with Crippen LogP contribution in [0.4, 0.5) is 0 Å². The maximum atomic E-state index is 2.34. The molecule has 0 saturated carbocycles. The molecule has 0 bridgehead atoms. The molecule has 0 aromatic heterocycles. The maximum absolute atomic E-state index is 2.34. The molecular formula is C84H152. The molecule has 1 aliphatic carbocycles. The minimum absolute atomic E-state index is 0. The van der Waals surface area contributed by atoms with Crippen LogP contribution in [0.1, 0.15) is 287 Å². The van der Waals surface area contributed by atoms with Crippen molar-refractivity contribution in [3.8, 4) is 11.1 Å². The van der Waals surface area contributed by atoms with Crippen LogP contribution < -0.4 is 0 Å². The van der Waals surface area contributed by atoms with Crippen molar-refractivity contribution >= 4 is 32.3 Å². The van der Waals surface area contributed by atoms with E-state index in [2.05, 4.69) is 215 Å². The van der Waals surface area contributed by atoms with Gasteiger partial charge in [0.1, 0.15) is 0 Å². The van der Waals surface area contributed by atoms with Gasteiger partial charge in [-0.3, -0.25) is 0 Å². The van der Waals surface area contributed by atoms with Gasteiger partial charge < -0.3 is 0 Å². The van der Waals surface area contributed by atoms with E-state index >= 15 is 0 Å². The molecule has 0 unspecified atom stereocenters. The first-order valence-electron chi connectivity index (χ1n) is 31.9. The highest BCUT2D eigenvalue weighted by molar-refractivity contribution is 6.05. The lowest BCUT2D eigenvalue weighted by Gasteiger charge is -2.22. The zero-order valence-corrected chi connectivity index (χ0v) is 59.4. The van der Waals surface area contributed by atoms with Gasteiger partial charge in [0.2, 0.25) is 0 Å². The van der Waals surface area contributed by atoms with Gasteiger partial charge in [-0.05, 0) is 132 Å². The molecule has 0 heteroatoms. The summed E-state index contributed by atoms with van der Waals surface area (Å²) < 4.78 is 0. The molecule has 1 aliphatic rings. The lowest BCUT2D eigenvalue weighted by molar-refractivity contribution is 0.659. The van der Waals surface area contributed by atoms with Crippen LogP contribution in [0.25, 0.3) is 43.4 Å². The van der Waals surface area contributed by atoms with Crippen LogP contribution in [0.3, 0.4) is 0 Å². The Morgan fingerprint density at radius 2 is 0.393 bits per heavy atom. The Balaban J connectivity index is -0.0000000641. The van der Waals surface area contributed by atoms with Gasteiger partial charge in [-0.15, -0.1) is 0 Å². The summed E-state index contributed by atoms with van der Waals surface area (Å²) in [5.74, 6) is 0. The Morgan fingerprint density at radius 1 is 0.214 bits per heavy atom. The van der Waals surface area contributed by atoms with E-state index < -0.39 is 0 Å². The van der Waals surface area contributed by atoms with E-state index in [1.54, 1.807) is 0 Å². The van der Waals surface area contributed by atoms with Gasteiger partial charge in [0.15, 0.2) is 0 Å². The topological polar surface area (TPSA) is 0 Å². The van der Waals surface area contributed by atoms with E-state index in [1.807, 2.05) is 180 Å². The number of hydrogen-bond donors (Lipinski definition) is 0. The van der Waals surface area contributed by atoms with Crippen molar-refractivity contribution in [1.29, 1.82) is 0 Å². The first-order chi connectivity index (χ1) is 38.4. The van der Waals surface area contributed by atoms with Crippen LogP contribution in [-0.2, 0) is 5.41 Å². The summed E-state index contributed by atoms with van der Waals surface area (Å²) in [4.78, 5) is 0. The Hall–Kier alpha value is -5.46. The molecule has 0 spiro atoms. The molecule has 0 nitrogen and oxygen atoms in total. The molecule has 84 heavy (non-hydrogen) atoms.